The number of esters is 1. The van der Waals surface area contributed by atoms with E-state index in [0.717, 1.165) is 30.3 Å². The summed E-state index contributed by atoms with van der Waals surface area (Å²) in [6.45, 7) is 3.31. The molecular weight excluding hydrogens is 318 g/mol. The number of benzene rings is 1. The van der Waals surface area contributed by atoms with Crippen LogP contribution in [0.4, 0.5) is 0 Å². The molecule has 0 amide bonds. The highest BCUT2D eigenvalue weighted by Crippen LogP contribution is 2.21. The molecule has 3 nitrogen and oxygen atoms in total. The van der Waals surface area contributed by atoms with E-state index in [1.165, 1.54) is 10.9 Å². The van der Waals surface area contributed by atoms with Crippen molar-refractivity contribution in [3.63, 3.8) is 0 Å². The van der Waals surface area contributed by atoms with Crippen molar-refractivity contribution < 1.29 is 9.53 Å². The van der Waals surface area contributed by atoms with Crippen LogP contribution in [0.5, 0.6) is 0 Å². The van der Waals surface area contributed by atoms with Crippen LogP contribution < -0.4 is 0 Å². The van der Waals surface area contributed by atoms with Gasteiger partial charge < -0.3 is 9.30 Å². The van der Waals surface area contributed by atoms with Gasteiger partial charge in [-0.2, -0.15) is 0 Å². The first-order valence-electron chi connectivity index (χ1n) is 7.10. The van der Waals surface area contributed by atoms with Crippen LogP contribution >= 0.6 is 15.9 Å². The number of aromatic nitrogens is 1. The molecule has 1 aromatic heterocycles. The number of aryl methyl sites for hydroxylation is 1. The van der Waals surface area contributed by atoms with E-state index >= 15 is 0 Å². The van der Waals surface area contributed by atoms with Gasteiger partial charge in [0.1, 0.15) is 0 Å². The SMILES string of the molecule is CCOC(=O)CCCCCn1ccc2cc(Br)ccc21. The summed E-state index contributed by atoms with van der Waals surface area (Å²) >= 11 is 3.49. The Bertz CT molecular complexity index is 577. The average molecular weight is 338 g/mol. The Balaban J connectivity index is 1.77. The van der Waals surface area contributed by atoms with Crippen LogP contribution in [0.15, 0.2) is 34.9 Å². The number of carbonyl (C=O) groups excluding carboxylic acids is 1. The fraction of sp³-hybridized carbons (Fsp3) is 0.438. The van der Waals surface area contributed by atoms with Gasteiger partial charge >= 0.3 is 5.97 Å². The Hall–Kier alpha value is -1.29. The molecule has 0 N–H and O–H groups in total. The van der Waals surface area contributed by atoms with Crippen LogP contribution in [0, 0.1) is 0 Å². The van der Waals surface area contributed by atoms with E-state index in [9.17, 15) is 4.79 Å². The minimum absolute atomic E-state index is 0.0798. The van der Waals surface area contributed by atoms with Gasteiger partial charge in [-0.25, -0.2) is 0 Å². The molecule has 0 radical (unpaired) electrons. The van der Waals surface area contributed by atoms with Crippen LogP contribution in [0.1, 0.15) is 32.6 Å². The van der Waals surface area contributed by atoms with Crippen molar-refractivity contribution in [3.05, 3.63) is 34.9 Å². The van der Waals surface area contributed by atoms with E-state index in [1.807, 2.05) is 6.92 Å². The molecule has 0 unspecified atom stereocenters. The summed E-state index contributed by atoms with van der Waals surface area (Å²) in [5, 5.41) is 1.26. The van der Waals surface area contributed by atoms with E-state index in [0.29, 0.717) is 13.0 Å². The standard InChI is InChI=1S/C16H20BrNO2/c1-2-20-16(19)6-4-3-5-10-18-11-9-13-12-14(17)7-8-15(13)18/h7-9,11-12H,2-6,10H2,1H3. The lowest BCUT2D eigenvalue weighted by Gasteiger charge is -2.06. The molecule has 2 rings (SSSR count). The highest BCUT2D eigenvalue weighted by Gasteiger charge is 2.03. The van der Waals surface area contributed by atoms with Crippen LogP contribution in [-0.4, -0.2) is 17.1 Å². The summed E-state index contributed by atoms with van der Waals surface area (Å²) in [5.74, 6) is -0.0798. The molecule has 2 aromatic rings. The zero-order valence-corrected chi connectivity index (χ0v) is 13.4. The number of halogens is 1. The molecule has 0 atom stereocenters. The summed E-state index contributed by atoms with van der Waals surface area (Å²) in [7, 11) is 0. The zero-order valence-electron chi connectivity index (χ0n) is 11.8. The summed E-state index contributed by atoms with van der Waals surface area (Å²) in [4.78, 5) is 11.2. The van der Waals surface area contributed by atoms with Crippen LogP contribution in [-0.2, 0) is 16.1 Å². The average Bonchev–Trinajstić information content (AvgIpc) is 2.81. The predicted molar refractivity (Wildman–Crippen MR) is 84.7 cm³/mol. The summed E-state index contributed by atoms with van der Waals surface area (Å²) in [6, 6.07) is 8.48. The fourth-order valence-electron chi connectivity index (χ4n) is 2.33. The highest BCUT2D eigenvalue weighted by atomic mass is 79.9. The predicted octanol–water partition coefficient (Wildman–Crippen LogP) is 4.53. The first kappa shape index (κ1) is 15.1. The number of nitrogens with zero attached hydrogens (tertiary/aromatic N) is 1. The number of hydrogen-bond donors (Lipinski definition) is 0. The second-order valence-electron chi connectivity index (χ2n) is 4.83. The van der Waals surface area contributed by atoms with E-state index in [1.54, 1.807) is 0 Å². The Morgan fingerprint density at radius 1 is 1.25 bits per heavy atom. The lowest BCUT2D eigenvalue weighted by molar-refractivity contribution is -0.143. The summed E-state index contributed by atoms with van der Waals surface area (Å²) in [6.07, 6.45) is 5.70. The molecule has 0 spiro atoms. The van der Waals surface area contributed by atoms with Gasteiger partial charge in [0.25, 0.3) is 0 Å². The molecule has 4 heteroatoms. The zero-order chi connectivity index (χ0) is 14.4. The van der Waals surface area contributed by atoms with Gasteiger partial charge in [-0.3, -0.25) is 4.79 Å². The van der Waals surface area contributed by atoms with Gasteiger partial charge in [-0.1, -0.05) is 22.4 Å². The molecule has 1 heterocycles. The Morgan fingerprint density at radius 2 is 2.10 bits per heavy atom. The smallest absolute Gasteiger partial charge is 0.305 e. The first-order valence-corrected chi connectivity index (χ1v) is 7.90. The van der Waals surface area contributed by atoms with Crippen LogP contribution in [0.25, 0.3) is 10.9 Å². The molecule has 0 fully saturated rings. The van der Waals surface area contributed by atoms with E-state index in [-0.39, 0.29) is 5.97 Å². The third-order valence-corrected chi connectivity index (χ3v) is 3.81. The third kappa shape index (κ3) is 4.10. The molecule has 0 saturated heterocycles. The maximum atomic E-state index is 11.2. The van der Waals surface area contributed by atoms with Crippen molar-refractivity contribution in [1.82, 2.24) is 4.57 Å². The second-order valence-corrected chi connectivity index (χ2v) is 5.74. The van der Waals surface area contributed by atoms with Crippen molar-refractivity contribution >= 4 is 32.8 Å². The normalized spacial score (nSPS) is 10.9. The van der Waals surface area contributed by atoms with Gasteiger partial charge in [0.05, 0.1) is 6.61 Å². The van der Waals surface area contributed by atoms with Gasteiger partial charge in [0.2, 0.25) is 0 Å². The van der Waals surface area contributed by atoms with Gasteiger partial charge in [0.15, 0.2) is 0 Å². The molecule has 0 saturated carbocycles. The fourth-order valence-corrected chi connectivity index (χ4v) is 2.71. The monoisotopic (exact) mass is 337 g/mol. The maximum Gasteiger partial charge on any atom is 0.305 e. The van der Waals surface area contributed by atoms with Crippen LogP contribution in [0.2, 0.25) is 0 Å². The number of carbonyl (C=O) groups is 1. The third-order valence-electron chi connectivity index (χ3n) is 3.32. The number of rotatable bonds is 7. The number of unbranched alkanes of at least 4 members (excludes halogenated alkanes) is 2. The van der Waals surface area contributed by atoms with E-state index < -0.39 is 0 Å². The molecule has 0 aliphatic heterocycles. The largest absolute Gasteiger partial charge is 0.466 e. The molecular formula is C16H20BrNO2. The Kier molecular flexibility index (Phi) is 5.65. The minimum atomic E-state index is -0.0798. The molecule has 108 valence electrons. The topological polar surface area (TPSA) is 31.2 Å². The van der Waals surface area contributed by atoms with Gasteiger partial charge in [0, 0.05) is 34.5 Å². The van der Waals surface area contributed by atoms with Gasteiger partial charge in [-0.15, -0.1) is 0 Å². The van der Waals surface area contributed by atoms with E-state index in [2.05, 4.69) is 51.0 Å². The van der Waals surface area contributed by atoms with Crippen molar-refractivity contribution in [2.45, 2.75) is 39.2 Å². The van der Waals surface area contributed by atoms with Crippen molar-refractivity contribution in [1.29, 1.82) is 0 Å². The molecule has 1 aromatic carbocycles. The van der Waals surface area contributed by atoms with Crippen molar-refractivity contribution in [2.24, 2.45) is 0 Å². The van der Waals surface area contributed by atoms with Crippen molar-refractivity contribution in [2.75, 3.05) is 6.61 Å². The summed E-state index contributed by atoms with van der Waals surface area (Å²) < 4.78 is 8.29. The molecule has 20 heavy (non-hydrogen) atoms. The minimum Gasteiger partial charge on any atom is -0.466 e. The number of hydrogen-bond acceptors (Lipinski definition) is 2. The Labute approximate surface area is 128 Å². The molecule has 0 aliphatic rings. The number of fused-ring (bicyclic) bond motifs is 1. The highest BCUT2D eigenvalue weighted by molar-refractivity contribution is 9.10. The summed E-state index contributed by atoms with van der Waals surface area (Å²) in [5.41, 5.74) is 1.26. The quantitative estimate of drug-likeness (QED) is 0.549. The van der Waals surface area contributed by atoms with Crippen LogP contribution in [0.3, 0.4) is 0 Å². The molecule has 0 bridgehead atoms. The lowest BCUT2D eigenvalue weighted by atomic mass is 10.2. The van der Waals surface area contributed by atoms with E-state index in [4.69, 9.17) is 4.74 Å². The second kappa shape index (κ2) is 7.48. The molecule has 0 aliphatic carbocycles. The lowest BCUT2D eigenvalue weighted by Crippen LogP contribution is -2.03. The first-order chi connectivity index (χ1) is 9.70. The van der Waals surface area contributed by atoms with Gasteiger partial charge in [-0.05, 0) is 44.0 Å². The number of ether oxygens (including phenoxy) is 1. The maximum absolute atomic E-state index is 11.2. The Morgan fingerprint density at radius 3 is 2.90 bits per heavy atom. The van der Waals surface area contributed by atoms with Crippen molar-refractivity contribution in [3.8, 4) is 0 Å².